The predicted octanol–water partition coefficient (Wildman–Crippen LogP) is 2.43. The smallest absolute Gasteiger partial charge is 0.224 e. The van der Waals surface area contributed by atoms with Crippen LogP contribution in [0, 0.1) is 5.82 Å². The standard InChI is InChI=1S/C12H19FN4/c1-3-9-6-5-7-17(9)11-10(13)8-15-12(16-11)14-4-2/h8-9H,3-7H2,1-2H3,(H,14,15,16). The molecule has 1 aromatic rings. The Morgan fingerprint density at radius 3 is 3.06 bits per heavy atom. The number of nitrogens with one attached hydrogen (secondary N) is 1. The molecule has 5 heteroatoms. The molecule has 1 saturated heterocycles. The molecule has 0 spiro atoms. The lowest BCUT2D eigenvalue weighted by Gasteiger charge is -2.25. The fourth-order valence-corrected chi connectivity index (χ4v) is 2.34. The van der Waals surface area contributed by atoms with Gasteiger partial charge in [-0.2, -0.15) is 4.98 Å². The van der Waals surface area contributed by atoms with Gasteiger partial charge in [-0.25, -0.2) is 9.37 Å². The summed E-state index contributed by atoms with van der Waals surface area (Å²) in [5, 5.41) is 3.02. The molecule has 0 bridgehead atoms. The molecule has 94 valence electrons. The van der Waals surface area contributed by atoms with Gasteiger partial charge in [-0.05, 0) is 26.2 Å². The van der Waals surface area contributed by atoms with E-state index in [1.165, 1.54) is 6.20 Å². The van der Waals surface area contributed by atoms with Crippen LogP contribution >= 0.6 is 0 Å². The van der Waals surface area contributed by atoms with E-state index in [9.17, 15) is 4.39 Å². The van der Waals surface area contributed by atoms with E-state index < -0.39 is 0 Å². The summed E-state index contributed by atoms with van der Waals surface area (Å²) in [5.41, 5.74) is 0. The van der Waals surface area contributed by atoms with Crippen LogP contribution in [0.15, 0.2) is 6.20 Å². The Kier molecular flexibility index (Phi) is 3.76. The van der Waals surface area contributed by atoms with Gasteiger partial charge >= 0.3 is 0 Å². The highest BCUT2D eigenvalue weighted by atomic mass is 19.1. The van der Waals surface area contributed by atoms with Gasteiger partial charge in [0.25, 0.3) is 0 Å². The number of anilines is 2. The molecule has 2 rings (SSSR count). The molecule has 17 heavy (non-hydrogen) atoms. The molecule has 1 aromatic heterocycles. The van der Waals surface area contributed by atoms with E-state index >= 15 is 0 Å². The normalized spacial score (nSPS) is 19.7. The molecule has 1 N–H and O–H groups in total. The maximum absolute atomic E-state index is 13.8. The lowest BCUT2D eigenvalue weighted by atomic mass is 10.2. The first-order valence-electron chi connectivity index (χ1n) is 6.29. The molecule has 0 radical (unpaired) electrons. The van der Waals surface area contributed by atoms with Crippen LogP contribution in [0.2, 0.25) is 0 Å². The summed E-state index contributed by atoms with van der Waals surface area (Å²) in [7, 11) is 0. The highest BCUT2D eigenvalue weighted by molar-refractivity contribution is 5.45. The number of aromatic nitrogens is 2. The zero-order valence-electron chi connectivity index (χ0n) is 10.4. The van der Waals surface area contributed by atoms with Crippen molar-refractivity contribution in [1.82, 2.24) is 9.97 Å². The van der Waals surface area contributed by atoms with Gasteiger partial charge in [-0.15, -0.1) is 0 Å². The Balaban J connectivity index is 2.26. The summed E-state index contributed by atoms with van der Waals surface area (Å²) in [6.07, 6.45) is 4.51. The number of hydrogen-bond acceptors (Lipinski definition) is 4. The van der Waals surface area contributed by atoms with Gasteiger partial charge in [-0.3, -0.25) is 0 Å². The van der Waals surface area contributed by atoms with Crippen LogP contribution in [0.4, 0.5) is 16.2 Å². The Labute approximate surface area is 101 Å². The maximum atomic E-state index is 13.8. The molecule has 1 aliphatic heterocycles. The molecule has 1 aliphatic rings. The van der Waals surface area contributed by atoms with Crippen molar-refractivity contribution >= 4 is 11.8 Å². The number of rotatable bonds is 4. The minimum atomic E-state index is -0.327. The molecule has 1 fully saturated rings. The number of hydrogen-bond donors (Lipinski definition) is 1. The van der Waals surface area contributed by atoms with Crippen LogP contribution in [0.25, 0.3) is 0 Å². The summed E-state index contributed by atoms with van der Waals surface area (Å²) in [6, 6.07) is 0.411. The molecule has 4 nitrogen and oxygen atoms in total. The molecular formula is C12H19FN4. The first-order chi connectivity index (χ1) is 8.26. The summed E-state index contributed by atoms with van der Waals surface area (Å²) in [5.74, 6) is 0.623. The minimum absolute atomic E-state index is 0.327. The van der Waals surface area contributed by atoms with Crippen molar-refractivity contribution in [1.29, 1.82) is 0 Å². The Hall–Kier alpha value is -1.39. The van der Waals surface area contributed by atoms with Crippen molar-refractivity contribution < 1.29 is 4.39 Å². The van der Waals surface area contributed by atoms with Crippen LogP contribution < -0.4 is 10.2 Å². The van der Waals surface area contributed by atoms with Gasteiger partial charge < -0.3 is 10.2 Å². The van der Waals surface area contributed by atoms with E-state index in [2.05, 4.69) is 27.1 Å². The molecule has 1 unspecified atom stereocenters. The SMILES string of the molecule is CCNc1ncc(F)c(N2CCCC2CC)n1. The summed E-state index contributed by atoms with van der Waals surface area (Å²) >= 11 is 0. The Bertz CT molecular complexity index is 383. The molecule has 1 atom stereocenters. The van der Waals surface area contributed by atoms with E-state index in [1.54, 1.807) is 0 Å². The van der Waals surface area contributed by atoms with Crippen LogP contribution in [0.1, 0.15) is 33.1 Å². The first-order valence-corrected chi connectivity index (χ1v) is 6.29. The summed E-state index contributed by atoms with van der Waals surface area (Å²) in [6.45, 7) is 5.73. The fraction of sp³-hybridized carbons (Fsp3) is 0.667. The topological polar surface area (TPSA) is 41.1 Å². The van der Waals surface area contributed by atoms with E-state index in [0.29, 0.717) is 17.8 Å². The Morgan fingerprint density at radius 1 is 1.53 bits per heavy atom. The lowest BCUT2D eigenvalue weighted by molar-refractivity contribution is 0.583. The van der Waals surface area contributed by atoms with Crippen molar-refractivity contribution in [3.8, 4) is 0 Å². The lowest BCUT2D eigenvalue weighted by Crippen LogP contribution is -2.30. The first kappa shape index (κ1) is 12.1. The van der Waals surface area contributed by atoms with Crippen LogP contribution in [0.3, 0.4) is 0 Å². The highest BCUT2D eigenvalue weighted by Gasteiger charge is 2.26. The third-order valence-corrected chi connectivity index (χ3v) is 3.18. The van der Waals surface area contributed by atoms with Gasteiger partial charge in [0.05, 0.1) is 6.20 Å². The van der Waals surface area contributed by atoms with Gasteiger partial charge in [0.2, 0.25) is 5.95 Å². The third-order valence-electron chi connectivity index (χ3n) is 3.18. The molecule has 0 aliphatic carbocycles. The minimum Gasteiger partial charge on any atom is -0.354 e. The quantitative estimate of drug-likeness (QED) is 0.874. The predicted molar refractivity (Wildman–Crippen MR) is 66.8 cm³/mol. The number of nitrogens with zero attached hydrogens (tertiary/aromatic N) is 3. The zero-order valence-corrected chi connectivity index (χ0v) is 10.4. The monoisotopic (exact) mass is 238 g/mol. The van der Waals surface area contributed by atoms with Crippen molar-refractivity contribution in [2.75, 3.05) is 23.3 Å². The summed E-state index contributed by atoms with van der Waals surface area (Å²) < 4.78 is 13.8. The van der Waals surface area contributed by atoms with Crippen molar-refractivity contribution in [3.63, 3.8) is 0 Å². The molecule has 0 aromatic carbocycles. The Morgan fingerprint density at radius 2 is 2.35 bits per heavy atom. The molecule has 2 heterocycles. The fourth-order valence-electron chi connectivity index (χ4n) is 2.34. The molecule has 0 saturated carbocycles. The van der Waals surface area contributed by atoms with Crippen LogP contribution in [0.5, 0.6) is 0 Å². The molecular weight excluding hydrogens is 219 g/mol. The maximum Gasteiger partial charge on any atom is 0.224 e. The largest absolute Gasteiger partial charge is 0.354 e. The second kappa shape index (κ2) is 5.29. The van der Waals surface area contributed by atoms with Crippen molar-refractivity contribution in [2.45, 2.75) is 39.2 Å². The van der Waals surface area contributed by atoms with E-state index in [-0.39, 0.29) is 5.82 Å². The van der Waals surface area contributed by atoms with E-state index in [4.69, 9.17) is 0 Å². The van der Waals surface area contributed by atoms with Gasteiger partial charge in [0.15, 0.2) is 11.6 Å². The van der Waals surface area contributed by atoms with Crippen molar-refractivity contribution in [3.05, 3.63) is 12.0 Å². The van der Waals surface area contributed by atoms with Crippen molar-refractivity contribution in [2.24, 2.45) is 0 Å². The second-order valence-electron chi connectivity index (χ2n) is 4.29. The second-order valence-corrected chi connectivity index (χ2v) is 4.29. The van der Waals surface area contributed by atoms with E-state index in [0.717, 1.165) is 32.4 Å². The van der Waals surface area contributed by atoms with Gasteiger partial charge in [-0.1, -0.05) is 6.92 Å². The van der Waals surface area contributed by atoms with Gasteiger partial charge in [0, 0.05) is 19.1 Å². The van der Waals surface area contributed by atoms with Gasteiger partial charge in [0.1, 0.15) is 0 Å². The average Bonchev–Trinajstić information content (AvgIpc) is 2.80. The van der Waals surface area contributed by atoms with Crippen LogP contribution in [-0.4, -0.2) is 29.1 Å². The zero-order chi connectivity index (χ0) is 12.3. The highest BCUT2D eigenvalue weighted by Crippen LogP contribution is 2.28. The third kappa shape index (κ3) is 2.48. The molecule has 0 amide bonds. The number of halogens is 1. The van der Waals surface area contributed by atoms with E-state index in [1.807, 2.05) is 6.92 Å². The average molecular weight is 238 g/mol. The van der Waals surface area contributed by atoms with Crippen LogP contribution in [-0.2, 0) is 0 Å². The summed E-state index contributed by atoms with van der Waals surface area (Å²) in [4.78, 5) is 10.3.